The van der Waals surface area contributed by atoms with Crippen LogP contribution in [-0.2, 0) is 30.1 Å². The zero-order valence-corrected chi connectivity index (χ0v) is 12.7. The fourth-order valence-electron chi connectivity index (χ4n) is 1.46. The quantitative estimate of drug-likeness (QED) is 0.447. The molecule has 0 N–H and O–H groups in total. The summed E-state index contributed by atoms with van der Waals surface area (Å²) in [6, 6.07) is 3.34. The summed E-state index contributed by atoms with van der Waals surface area (Å²) in [6.07, 6.45) is -4.97. The lowest BCUT2D eigenvalue weighted by atomic mass is 10.1. The first kappa shape index (κ1) is 18.0. The first-order chi connectivity index (χ1) is 9.57. The van der Waals surface area contributed by atoms with E-state index >= 15 is 0 Å². The van der Waals surface area contributed by atoms with E-state index in [1.165, 1.54) is 19.1 Å². The molecule has 6 nitrogen and oxygen atoms in total. The van der Waals surface area contributed by atoms with Gasteiger partial charge in [-0.05, 0) is 18.1 Å². The van der Waals surface area contributed by atoms with Crippen LogP contribution >= 0.6 is 8.03 Å². The number of aryl methyl sites for hydroxylation is 1. The van der Waals surface area contributed by atoms with Gasteiger partial charge in [0.1, 0.15) is 4.90 Å². The summed E-state index contributed by atoms with van der Waals surface area (Å²) in [4.78, 5) is -0.812. The zero-order chi connectivity index (χ0) is 16.3. The normalized spacial score (nSPS) is 14.0. The Hall–Kier alpha value is -1.09. The van der Waals surface area contributed by atoms with Gasteiger partial charge in [-0.3, -0.25) is 4.57 Å². The fraction of sp³-hybridized carbons (Fsp3) is 0.400. The molecule has 0 heterocycles. The van der Waals surface area contributed by atoms with Gasteiger partial charge in [-0.1, -0.05) is 23.4 Å². The van der Waals surface area contributed by atoms with Crippen molar-refractivity contribution < 1.29 is 39.9 Å². The van der Waals surface area contributed by atoms with Gasteiger partial charge >= 0.3 is 16.5 Å². The summed E-state index contributed by atoms with van der Waals surface area (Å²) in [5.41, 5.74) is 0.0381. The highest BCUT2D eigenvalue weighted by Gasteiger charge is 2.35. The van der Waals surface area contributed by atoms with Gasteiger partial charge in [0.2, 0.25) is 8.03 Å². The van der Waals surface area contributed by atoms with Crippen molar-refractivity contribution in [3.05, 3.63) is 23.8 Å². The van der Waals surface area contributed by atoms with E-state index in [0.717, 1.165) is 12.7 Å². The lowest BCUT2D eigenvalue weighted by molar-refractivity contribution is -0.275. The molecule has 0 saturated heterocycles. The summed E-state index contributed by atoms with van der Waals surface area (Å²) >= 11 is 0. The summed E-state index contributed by atoms with van der Waals surface area (Å²) in [7, 11) is -7.48. The predicted molar refractivity (Wildman–Crippen MR) is 66.8 cm³/mol. The van der Waals surface area contributed by atoms with Gasteiger partial charge in [0.25, 0.3) is 0 Å². The van der Waals surface area contributed by atoms with E-state index < -0.39 is 35.2 Å². The minimum absolute atomic E-state index is 0.0381. The van der Waals surface area contributed by atoms with Gasteiger partial charge in [0, 0.05) is 6.66 Å². The van der Waals surface area contributed by atoms with Crippen LogP contribution in [0.2, 0.25) is 0 Å². The lowest BCUT2D eigenvalue weighted by Gasteiger charge is -2.15. The Labute approximate surface area is 119 Å². The second-order valence-corrected chi connectivity index (χ2v) is 6.35. The topological polar surface area (TPSA) is 78.9 Å². The number of ether oxygens (including phenoxy) is 1. The third-order valence-corrected chi connectivity index (χ3v) is 3.81. The highest BCUT2D eigenvalue weighted by atomic mass is 32.2. The molecule has 1 unspecified atom stereocenters. The smallest absolute Gasteiger partial charge is 0.404 e. The maximum Gasteiger partial charge on any atom is 0.573 e. The van der Waals surface area contributed by atoms with E-state index in [2.05, 4.69) is 13.7 Å². The van der Waals surface area contributed by atoms with Crippen molar-refractivity contribution in [1.82, 2.24) is 0 Å². The molecule has 1 rings (SSSR count). The Bertz CT molecular complexity index is 628. The molecule has 0 spiro atoms. The van der Waals surface area contributed by atoms with Crippen molar-refractivity contribution in [2.24, 2.45) is 0 Å². The first-order valence-electron chi connectivity index (χ1n) is 5.56. The standard InChI is InChI=1S/C10H12F3O6PS/c1-3-7-5-4-6-8(17-10(11,12)13)9(7)21(15,16)19-18-20(2)14/h4-6,20H,3H2,1-2H3. The Balaban J connectivity index is 3.33. The largest absolute Gasteiger partial charge is 0.573 e. The number of halogens is 3. The molecule has 1 aromatic carbocycles. The van der Waals surface area contributed by atoms with Crippen molar-refractivity contribution >= 4 is 18.1 Å². The highest BCUT2D eigenvalue weighted by Crippen LogP contribution is 2.34. The van der Waals surface area contributed by atoms with Gasteiger partial charge in [0.05, 0.1) is 0 Å². The van der Waals surface area contributed by atoms with Crippen molar-refractivity contribution in [2.45, 2.75) is 24.6 Å². The molecule has 1 atom stereocenters. The third kappa shape index (κ3) is 5.31. The number of alkyl halides is 3. The molecule has 0 bridgehead atoms. The van der Waals surface area contributed by atoms with Crippen molar-refractivity contribution in [3.8, 4) is 5.75 Å². The summed E-state index contributed by atoms with van der Waals surface area (Å²) < 4.78 is 83.3. The second kappa shape index (κ2) is 6.78. The first-order valence-corrected chi connectivity index (χ1v) is 8.78. The Morgan fingerprint density at radius 3 is 2.38 bits per heavy atom. The van der Waals surface area contributed by atoms with Crippen molar-refractivity contribution in [2.75, 3.05) is 6.66 Å². The maximum atomic E-state index is 12.3. The van der Waals surface area contributed by atoms with E-state index in [4.69, 9.17) is 0 Å². The average molecular weight is 348 g/mol. The van der Waals surface area contributed by atoms with Crippen LogP contribution in [-0.4, -0.2) is 21.4 Å². The van der Waals surface area contributed by atoms with Crippen LogP contribution in [0, 0.1) is 0 Å². The summed E-state index contributed by atoms with van der Waals surface area (Å²) in [6.45, 7) is 2.59. The zero-order valence-electron chi connectivity index (χ0n) is 10.9. The Morgan fingerprint density at radius 2 is 1.90 bits per heavy atom. The van der Waals surface area contributed by atoms with Crippen LogP contribution in [0.1, 0.15) is 12.5 Å². The van der Waals surface area contributed by atoms with Crippen LogP contribution in [0.3, 0.4) is 0 Å². The summed E-state index contributed by atoms with van der Waals surface area (Å²) in [5, 5.41) is 0. The molecule has 0 aliphatic heterocycles. The molecular weight excluding hydrogens is 336 g/mol. The molecule has 0 aromatic heterocycles. The molecule has 0 aliphatic rings. The van der Waals surface area contributed by atoms with Gasteiger partial charge in [-0.15, -0.1) is 13.2 Å². The molecule has 0 radical (unpaired) electrons. The van der Waals surface area contributed by atoms with Gasteiger partial charge in [-0.25, -0.2) is 0 Å². The Kier molecular flexibility index (Phi) is 5.80. The van der Waals surface area contributed by atoms with Gasteiger partial charge in [-0.2, -0.15) is 13.1 Å². The van der Waals surface area contributed by atoms with Crippen LogP contribution in [0.15, 0.2) is 23.1 Å². The molecule has 0 aliphatic carbocycles. The SMILES string of the molecule is CCc1cccc(OC(F)(F)F)c1S(=O)(=O)OO[PH](C)=O. The summed E-state index contributed by atoms with van der Waals surface area (Å²) in [5.74, 6) is -0.943. The number of hydrogen-bond donors (Lipinski definition) is 0. The van der Waals surface area contributed by atoms with Crippen LogP contribution in [0.25, 0.3) is 0 Å². The second-order valence-electron chi connectivity index (χ2n) is 3.74. The van der Waals surface area contributed by atoms with E-state index in [9.17, 15) is 26.2 Å². The van der Waals surface area contributed by atoms with E-state index in [1.807, 2.05) is 0 Å². The molecule has 0 saturated carbocycles. The molecule has 0 fully saturated rings. The Morgan fingerprint density at radius 1 is 1.29 bits per heavy atom. The van der Waals surface area contributed by atoms with E-state index in [1.54, 1.807) is 0 Å². The van der Waals surface area contributed by atoms with Gasteiger partial charge in [0.15, 0.2) is 5.75 Å². The van der Waals surface area contributed by atoms with Crippen LogP contribution < -0.4 is 4.74 Å². The minimum atomic E-state index is -5.07. The monoisotopic (exact) mass is 348 g/mol. The fourth-order valence-corrected chi connectivity index (χ4v) is 3.15. The average Bonchev–Trinajstić information content (AvgIpc) is 2.34. The molecule has 11 heteroatoms. The highest BCUT2D eigenvalue weighted by molar-refractivity contribution is 7.87. The van der Waals surface area contributed by atoms with Crippen molar-refractivity contribution in [1.29, 1.82) is 0 Å². The van der Waals surface area contributed by atoms with E-state index in [-0.39, 0.29) is 12.0 Å². The molecule has 0 amide bonds. The molecular formula is C10H12F3O6PS. The van der Waals surface area contributed by atoms with E-state index in [0.29, 0.717) is 0 Å². The van der Waals surface area contributed by atoms with Crippen LogP contribution in [0.4, 0.5) is 13.2 Å². The number of rotatable bonds is 6. The minimum Gasteiger partial charge on any atom is -0.404 e. The number of benzene rings is 1. The van der Waals surface area contributed by atoms with Crippen molar-refractivity contribution in [3.63, 3.8) is 0 Å². The molecule has 21 heavy (non-hydrogen) atoms. The lowest BCUT2D eigenvalue weighted by Crippen LogP contribution is -2.20. The number of hydrogen-bond acceptors (Lipinski definition) is 6. The van der Waals surface area contributed by atoms with Crippen LogP contribution in [0.5, 0.6) is 5.75 Å². The maximum absolute atomic E-state index is 12.3. The molecule has 1 aromatic rings. The third-order valence-electron chi connectivity index (χ3n) is 2.16. The predicted octanol–water partition coefficient (Wildman–Crippen LogP) is 2.89. The van der Waals surface area contributed by atoms with Gasteiger partial charge < -0.3 is 4.74 Å². The molecule has 120 valence electrons.